The second-order valence-electron chi connectivity index (χ2n) is 5.35. The van der Waals surface area contributed by atoms with E-state index < -0.39 is 10.2 Å². The standard InChI is InChI=1S/C13H25N5O2S/c1-3-14-10-12-6-4-5-8-18(12)21(19,20)16-11-13-15-7-9-17(13)2/h7,9,12,14,16H,3-6,8,10-11H2,1-2H3. The highest BCUT2D eigenvalue weighted by Gasteiger charge is 2.31. The average molecular weight is 315 g/mol. The molecular formula is C13H25N5O2S. The van der Waals surface area contributed by atoms with Gasteiger partial charge in [-0.1, -0.05) is 13.3 Å². The molecule has 1 atom stereocenters. The van der Waals surface area contributed by atoms with Crippen LogP contribution in [0.1, 0.15) is 32.0 Å². The van der Waals surface area contributed by atoms with Crippen LogP contribution in [0.15, 0.2) is 12.4 Å². The molecule has 21 heavy (non-hydrogen) atoms. The van der Waals surface area contributed by atoms with E-state index in [0.717, 1.165) is 25.8 Å². The van der Waals surface area contributed by atoms with Gasteiger partial charge in [0.05, 0.1) is 6.54 Å². The van der Waals surface area contributed by atoms with Gasteiger partial charge in [-0.25, -0.2) is 4.98 Å². The molecular weight excluding hydrogens is 290 g/mol. The zero-order valence-corrected chi connectivity index (χ0v) is 13.6. The monoisotopic (exact) mass is 315 g/mol. The van der Waals surface area contributed by atoms with Gasteiger partial charge in [-0.15, -0.1) is 0 Å². The second kappa shape index (κ2) is 7.35. The molecule has 1 aromatic rings. The summed E-state index contributed by atoms with van der Waals surface area (Å²) in [5, 5.41) is 3.25. The summed E-state index contributed by atoms with van der Waals surface area (Å²) in [7, 11) is -1.61. The summed E-state index contributed by atoms with van der Waals surface area (Å²) in [6, 6.07) is 0.0394. The summed E-state index contributed by atoms with van der Waals surface area (Å²) in [5.41, 5.74) is 0. The van der Waals surface area contributed by atoms with Gasteiger partial charge in [0.15, 0.2) is 0 Å². The largest absolute Gasteiger partial charge is 0.337 e. The SMILES string of the molecule is CCNCC1CCCCN1S(=O)(=O)NCc1nccn1C. The van der Waals surface area contributed by atoms with Crippen LogP contribution in [0.2, 0.25) is 0 Å². The first kappa shape index (κ1) is 16.4. The zero-order chi connectivity index (χ0) is 15.3. The van der Waals surface area contributed by atoms with Crippen LogP contribution in [-0.4, -0.2) is 48.0 Å². The van der Waals surface area contributed by atoms with Gasteiger partial charge < -0.3 is 9.88 Å². The predicted molar refractivity (Wildman–Crippen MR) is 81.9 cm³/mol. The molecule has 1 aromatic heterocycles. The van der Waals surface area contributed by atoms with Crippen molar-refractivity contribution < 1.29 is 8.42 Å². The van der Waals surface area contributed by atoms with E-state index >= 15 is 0 Å². The van der Waals surface area contributed by atoms with E-state index in [2.05, 4.69) is 15.0 Å². The minimum atomic E-state index is -3.47. The fourth-order valence-electron chi connectivity index (χ4n) is 2.61. The number of aromatic nitrogens is 2. The van der Waals surface area contributed by atoms with Crippen molar-refractivity contribution in [1.82, 2.24) is 23.9 Å². The number of rotatable bonds is 7. The van der Waals surface area contributed by atoms with E-state index in [1.165, 1.54) is 0 Å². The van der Waals surface area contributed by atoms with Crippen molar-refractivity contribution in [2.75, 3.05) is 19.6 Å². The molecule has 8 heteroatoms. The Morgan fingerprint density at radius 2 is 2.24 bits per heavy atom. The lowest BCUT2D eigenvalue weighted by molar-refractivity contribution is 0.243. The first-order valence-electron chi connectivity index (χ1n) is 7.48. The highest BCUT2D eigenvalue weighted by atomic mass is 32.2. The van der Waals surface area contributed by atoms with Crippen LogP contribution in [0.3, 0.4) is 0 Å². The molecule has 2 heterocycles. The van der Waals surface area contributed by atoms with Crippen molar-refractivity contribution in [2.45, 2.75) is 38.8 Å². The van der Waals surface area contributed by atoms with Crippen LogP contribution < -0.4 is 10.0 Å². The summed E-state index contributed by atoms with van der Waals surface area (Å²) < 4.78 is 31.1. The Kier molecular flexibility index (Phi) is 5.74. The Morgan fingerprint density at radius 1 is 1.43 bits per heavy atom. The van der Waals surface area contributed by atoms with Crippen molar-refractivity contribution in [3.05, 3.63) is 18.2 Å². The Balaban J connectivity index is 2.00. The van der Waals surface area contributed by atoms with Crippen molar-refractivity contribution in [3.63, 3.8) is 0 Å². The van der Waals surface area contributed by atoms with Gasteiger partial charge in [-0.05, 0) is 19.4 Å². The molecule has 0 radical (unpaired) electrons. The van der Waals surface area contributed by atoms with Crippen molar-refractivity contribution >= 4 is 10.2 Å². The second-order valence-corrected chi connectivity index (χ2v) is 7.06. The molecule has 2 rings (SSSR count). The number of aryl methyl sites for hydroxylation is 1. The normalized spacial score (nSPS) is 20.8. The van der Waals surface area contributed by atoms with Gasteiger partial charge in [-0.3, -0.25) is 0 Å². The average Bonchev–Trinajstić information content (AvgIpc) is 2.89. The first-order valence-corrected chi connectivity index (χ1v) is 8.92. The number of piperidine rings is 1. The third-order valence-corrected chi connectivity index (χ3v) is 5.45. The lowest BCUT2D eigenvalue weighted by atomic mass is 10.1. The first-order chi connectivity index (χ1) is 10.0. The predicted octanol–water partition coefficient (Wildman–Crippen LogP) is 0.219. The van der Waals surface area contributed by atoms with E-state index in [9.17, 15) is 8.42 Å². The van der Waals surface area contributed by atoms with Gasteiger partial charge in [0.25, 0.3) is 10.2 Å². The van der Waals surface area contributed by atoms with E-state index in [4.69, 9.17) is 0 Å². The molecule has 1 saturated heterocycles. The Hall–Kier alpha value is -0.960. The fourth-order valence-corrected chi connectivity index (χ4v) is 4.03. The number of imidazole rings is 1. The van der Waals surface area contributed by atoms with Crippen LogP contribution in [-0.2, 0) is 23.8 Å². The van der Waals surface area contributed by atoms with Gasteiger partial charge >= 0.3 is 0 Å². The fraction of sp³-hybridized carbons (Fsp3) is 0.769. The van der Waals surface area contributed by atoms with Crippen LogP contribution in [0, 0.1) is 0 Å². The highest BCUT2D eigenvalue weighted by molar-refractivity contribution is 7.87. The lowest BCUT2D eigenvalue weighted by Gasteiger charge is -2.34. The molecule has 1 aliphatic rings. The number of hydrogen-bond acceptors (Lipinski definition) is 4. The molecule has 1 fully saturated rings. The summed E-state index contributed by atoms with van der Waals surface area (Å²) >= 11 is 0. The van der Waals surface area contributed by atoms with E-state index in [0.29, 0.717) is 18.9 Å². The summed E-state index contributed by atoms with van der Waals surface area (Å²) in [4.78, 5) is 4.14. The van der Waals surface area contributed by atoms with Crippen molar-refractivity contribution in [1.29, 1.82) is 0 Å². The van der Waals surface area contributed by atoms with Gasteiger partial charge in [0.2, 0.25) is 0 Å². The molecule has 0 spiro atoms. The highest BCUT2D eigenvalue weighted by Crippen LogP contribution is 2.19. The maximum absolute atomic E-state index is 12.5. The molecule has 0 saturated carbocycles. The van der Waals surface area contributed by atoms with E-state index in [1.807, 2.05) is 18.5 Å². The van der Waals surface area contributed by atoms with Gasteiger partial charge in [0, 0.05) is 38.6 Å². The van der Waals surface area contributed by atoms with Crippen LogP contribution in [0.25, 0.3) is 0 Å². The third-order valence-electron chi connectivity index (χ3n) is 3.85. The topological polar surface area (TPSA) is 79.3 Å². The maximum atomic E-state index is 12.5. The maximum Gasteiger partial charge on any atom is 0.280 e. The summed E-state index contributed by atoms with van der Waals surface area (Å²) in [5.74, 6) is 0.707. The van der Waals surface area contributed by atoms with Gasteiger partial charge in [-0.2, -0.15) is 17.4 Å². The molecule has 7 nitrogen and oxygen atoms in total. The van der Waals surface area contributed by atoms with Gasteiger partial charge in [0.1, 0.15) is 5.82 Å². The molecule has 0 bridgehead atoms. The smallest absolute Gasteiger partial charge is 0.280 e. The quantitative estimate of drug-likeness (QED) is 0.754. The number of nitrogens with zero attached hydrogens (tertiary/aromatic N) is 3. The van der Waals surface area contributed by atoms with Crippen molar-refractivity contribution in [2.24, 2.45) is 7.05 Å². The van der Waals surface area contributed by atoms with Crippen LogP contribution >= 0.6 is 0 Å². The van der Waals surface area contributed by atoms with Crippen molar-refractivity contribution in [3.8, 4) is 0 Å². The number of hydrogen-bond donors (Lipinski definition) is 2. The van der Waals surface area contributed by atoms with Crippen LogP contribution in [0.5, 0.6) is 0 Å². The third kappa shape index (κ3) is 4.26. The molecule has 0 amide bonds. The Labute approximate surface area is 126 Å². The minimum absolute atomic E-state index is 0.0394. The zero-order valence-electron chi connectivity index (χ0n) is 12.7. The molecule has 1 aliphatic heterocycles. The Morgan fingerprint density at radius 3 is 2.90 bits per heavy atom. The van der Waals surface area contributed by atoms with E-state index in [1.54, 1.807) is 16.7 Å². The number of likely N-dealkylation sites (N-methyl/N-ethyl adjacent to an activating group) is 1. The molecule has 0 aliphatic carbocycles. The molecule has 120 valence electrons. The summed E-state index contributed by atoms with van der Waals surface area (Å²) in [6.45, 7) is 4.40. The lowest BCUT2D eigenvalue weighted by Crippen LogP contribution is -2.52. The Bertz CT molecular complexity index is 543. The molecule has 2 N–H and O–H groups in total. The molecule has 1 unspecified atom stereocenters. The summed E-state index contributed by atoms with van der Waals surface area (Å²) in [6.07, 6.45) is 6.39. The molecule has 0 aromatic carbocycles. The minimum Gasteiger partial charge on any atom is -0.337 e. The van der Waals surface area contributed by atoms with Crippen LogP contribution in [0.4, 0.5) is 0 Å². The van der Waals surface area contributed by atoms with E-state index in [-0.39, 0.29) is 12.6 Å². The number of nitrogens with one attached hydrogen (secondary N) is 2.